The summed E-state index contributed by atoms with van der Waals surface area (Å²) in [6.45, 7) is 0. The molecule has 1 nitrogen and oxygen atoms in total. The van der Waals surface area contributed by atoms with Crippen molar-refractivity contribution in [2.24, 2.45) is 0 Å². The Balaban J connectivity index is 2.46. The monoisotopic (exact) mass is 477 g/mol. The summed E-state index contributed by atoms with van der Waals surface area (Å²) in [7, 11) is 0. The van der Waals surface area contributed by atoms with Gasteiger partial charge in [0, 0.05) is 15.4 Å². The fourth-order valence-electron chi connectivity index (χ4n) is 2.29. The van der Waals surface area contributed by atoms with E-state index in [1.165, 1.54) is 0 Å². The molecule has 3 aromatic rings. The van der Waals surface area contributed by atoms with E-state index in [-0.39, 0.29) is 3.57 Å². The molecule has 0 radical (unpaired) electrons. The van der Waals surface area contributed by atoms with Gasteiger partial charge in [-0.15, -0.1) is 0 Å². The predicted octanol–water partition coefficient (Wildman–Crippen LogP) is 6.29. The maximum Gasteiger partial charge on any atom is 0.434 e. The lowest BCUT2D eigenvalue weighted by atomic mass is 10.00. The van der Waals surface area contributed by atoms with Crippen molar-refractivity contribution in [3.63, 3.8) is 0 Å². The average molecular weight is 478 g/mol. The quantitative estimate of drug-likeness (QED) is 0.375. The minimum absolute atomic E-state index is 0.113. The van der Waals surface area contributed by atoms with Crippen LogP contribution in [0.2, 0.25) is 0 Å². The lowest BCUT2D eigenvalue weighted by Crippen LogP contribution is -2.12. The van der Waals surface area contributed by atoms with Crippen molar-refractivity contribution in [1.82, 2.24) is 4.98 Å². The zero-order valence-corrected chi connectivity index (χ0v) is 14.7. The maximum absolute atomic E-state index is 13.3. The minimum Gasteiger partial charge on any atom is -0.242 e. The Morgan fingerprint density at radius 3 is 2.32 bits per heavy atom. The summed E-state index contributed by atoms with van der Waals surface area (Å²) in [5.74, 6) is 0. The van der Waals surface area contributed by atoms with Crippen molar-refractivity contribution >= 4 is 49.4 Å². The van der Waals surface area contributed by atoms with E-state index in [0.29, 0.717) is 16.5 Å². The lowest BCUT2D eigenvalue weighted by Gasteiger charge is -2.15. The number of nitrogens with zero attached hydrogens (tertiary/aromatic N) is 1. The second-order valence-electron chi connectivity index (χ2n) is 4.67. The summed E-state index contributed by atoms with van der Waals surface area (Å²) in [5, 5.41) is 0.693. The molecule has 0 spiro atoms. The number of benzene rings is 2. The molecule has 112 valence electrons. The predicted molar refractivity (Wildman–Crippen MR) is 92.6 cm³/mol. The molecular weight excluding hydrogens is 470 g/mol. The zero-order valence-electron chi connectivity index (χ0n) is 11.0. The van der Waals surface area contributed by atoms with Crippen LogP contribution in [0.15, 0.2) is 53.0 Å². The Labute approximate surface area is 146 Å². The van der Waals surface area contributed by atoms with Crippen molar-refractivity contribution in [2.75, 3.05) is 0 Å². The molecule has 0 saturated carbocycles. The molecule has 6 heteroatoms. The van der Waals surface area contributed by atoms with Gasteiger partial charge in [-0.1, -0.05) is 46.3 Å². The van der Waals surface area contributed by atoms with Crippen molar-refractivity contribution < 1.29 is 13.2 Å². The van der Waals surface area contributed by atoms with E-state index in [9.17, 15) is 13.2 Å². The normalized spacial score (nSPS) is 11.9. The molecule has 3 rings (SSSR count). The van der Waals surface area contributed by atoms with Gasteiger partial charge in [-0.2, -0.15) is 13.2 Å². The first kappa shape index (κ1) is 15.7. The van der Waals surface area contributed by atoms with Crippen LogP contribution in [0.5, 0.6) is 0 Å². The van der Waals surface area contributed by atoms with Gasteiger partial charge >= 0.3 is 6.18 Å². The largest absolute Gasteiger partial charge is 0.434 e. The fraction of sp³-hybridized carbons (Fsp3) is 0.0625. The number of halogens is 5. The summed E-state index contributed by atoms with van der Waals surface area (Å²) in [4.78, 5) is 3.82. The van der Waals surface area contributed by atoms with E-state index in [4.69, 9.17) is 0 Å². The number of rotatable bonds is 1. The third-order valence-corrected chi connectivity index (χ3v) is 4.76. The van der Waals surface area contributed by atoms with Crippen LogP contribution in [0, 0.1) is 3.57 Å². The fourth-order valence-corrected chi connectivity index (χ4v) is 3.68. The third kappa shape index (κ3) is 2.86. The number of pyridine rings is 1. The topological polar surface area (TPSA) is 12.9 Å². The van der Waals surface area contributed by atoms with Crippen LogP contribution in [-0.2, 0) is 6.18 Å². The van der Waals surface area contributed by atoms with Crippen LogP contribution in [0.4, 0.5) is 13.2 Å². The SMILES string of the molecule is FC(F)(F)c1nc2ccc(Br)cc2c(-c2ccccc2)c1I. The molecular formula is C16H8BrF3IN. The van der Waals surface area contributed by atoms with Crippen LogP contribution < -0.4 is 0 Å². The second kappa shape index (κ2) is 5.81. The van der Waals surface area contributed by atoms with Gasteiger partial charge < -0.3 is 0 Å². The van der Waals surface area contributed by atoms with Gasteiger partial charge in [-0.3, -0.25) is 0 Å². The number of hydrogen-bond acceptors (Lipinski definition) is 1. The van der Waals surface area contributed by atoms with Gasteiger partial charge in [-0.05, 0) is 46.4 Å². The first-order chi connectivity index (χ1) is 10.4. The van der Waals surface area contributed by atoms with Crippen molar-refractivity contribution in [3.05, 3.63) is 62.3 Å². The van der Waals surface area contributed by atoms with E-state index in [1.807, 2.05) is 18.2 Å². The zero-order chi connectivity index (χ0) is 15.9. The maximum atomic E-state index is 13.3. The van der Waals surface area contributed by atoms with Crippen LogP contribution >= 0.6 is 38.5 Å². The molecule has 1 aromatic heterocycles. The Kier molecular flexibility index (Phi) is 4.15. The molecule has 0 aliphatic heterocycles. The van der Waals surface area contributed by atoms with Crippen molar-refractivity contribution in [3.8, 4) is 11.1 Å². The molecule has 0 aliphatic rings. The van der Waals surface area contributed by atoms with Crippen LogP contribution in [0.3, 0.4) is 0 Å². The molecule has 0 N–H and O–H groups in total. The van der Waals surface area contributed by atoms with Gasteiger partial charge in [0.15, 0.2) is 5.69 Å². The van der Waals surface area contributed by atoms with Crippen molar-refractivity contribution in [1.29, 1.82) is 0 Å². The van der Waals surface area contributed by atoms with Gasteiger partial charge in [0.25, 0.3) is 0 Å². The summed E-state index contributed by atoms with van der Waals surface area (Å²) >= 11 is 5.10. The highest BCUT2D eigenvalue weighted by molar-refractivity contribution is 14.1. The minimum atomic E-state index is -4.48. The first-order valence-corrected chi connectivity index (χ1v) is 8.16. The molecule has 0 saturated heterocycles. The number of alkyl halides is 3. The number of hydrogen-bond donors (Lipinski definition) is 0. The van der Waals surface area contributed by atoms with E-state index in [1.54, 1.807) is 52.9 Å². The average Bonchev–Trinajstić information content (AvgIpc) is 2.46. The van der Waals surface area contributed by atoms with Gasteiger partial charge in [-0.25, -0.2) is 4.98 Å². The molecule has 22 heavy (non-hydrogen) atoms. The highest BCUT2D eigenvalue weighted by Gasteiger charge is 2.36. The van der Waals surface area contributed by atoms with Crippen LogP contribution in [0.1, 0.15) is 5.69 Å². The molecule has 0 atom stereocenters. The molecule has 0 amide bonds. The van der Waals surface area contributed by atoms with E-state index in [2.05, 4.69) is 20.9 Å². The highest BCUT2D eigenvalue weighted by Crippen LogP contribution is 2.40. The summed E-state index contributed by atoms with van der Waals surface area (Å²) in [6.07, 6.45) is -4.48. The van der Waals surface area contributed by atoms with Crippen LogP contribution in [0.25, 0.3) is 22.0 Å². The highest BCUT2D eigenvalue weighted by atomic mass is 127. The van der Waals surface area contributed by atoms with E-state index >= 15 is 0 Å². The van der Waals surface area contributed by atoms with Gasteiger partial charge in [0.1, 0.15) is 0 Å². The smallest absolute Gasteiger partial charge is 0.242 e. The summed E-state index contributed by atoms with van der Waals surface area (Å²) < 4.78 is 40.7. The lowest BCUT2D eigenvalue weighted by molar-refractivity contribution is -0.141. The number of aromatic nitrogens is 1. The molecule has 0 bridgehead atoms. The Hall–Kier alpha value is -1.15. The van der Waals surface area contributed by atoms with E-state index < -0.39 is 11.9 Å². The van der Waals surface area contributed by atoms with Gasteiger partial charge in [0.2, 0.25) is 0 Å². The first-order valence-electron chi connectivity index (χ1n) is 6.29. The van der Waals surface area contributed by atoms with E-state index in [0.717, 1.165) is 10.0 Å². The molecule has 0 unspecified atom stereocenters. The summed E-state index contributed by atoms with van der Waals surface area (Å²) in [5.41, 5.74) is 0.777. The number of fused-ring (bicyclic) bond motifs is 1. The Morgan fingerprint density at radius 2 is 1.68 bits per heavy atom. The molecule has 0 fully saturated rings. The second-order valence-corrected chi connectivity index (χ2v) is 6.67. The Bertz CT molecular complexity index is 847. The summed E-state index contributed by atoms with van der Waals surface area (Å²) in [6, 6.07) is 14.1. The van der Waals surface area contributed by atoms with Crippen LogP contribution in [-0.4, -0.2) is 4.98 Å². The standard InChI is InChI=1S/C16H8BrF3IN/c17-10-6-7-12-11(8-10)13(9-4-2-1-3-5-9)14(21)15(22-12)16(18,19)20/h1-8H. The molecule has 0 aliphatic carbocycles. The molecule has 2 aromatic carbocycles. The van der Waals surface area contributed by atoms with Gasteiger partial charge in [0.05, 0.1) is 9.09 Å². The molecule has 1 heterocycles. The van der Waals surface area contributed by atoms with Crippen molar-refractivity contribution in [2.45, 2.75) is 6.18 Å². The third-order valence-electron chi connectivity index (χ3n) is 3.22. The Morgan fingerprint density at radius 1 is 1.00 bits per heavy atom.